The second-order valence-electron chi connectivity index (χ2n) is 8.42. The topological polar surface area (TPSA) is 96.8 Å². The van der Waals surface area contributed by atoms with Crippen molar-refractivity contribution >= 4 is 29.1 Å². The van der Waals surface area contributed by atoms with Gasteiger partial charge >= 0.3 is 5.97 Å². The number of ether oxygens (including phenoxy) is 1. The van der Waals surface area contributed by atoms with Crippen molar-refractivity contribution < 1.29 is 24.2 Å². The number of aliphatic hydroxyl groups is 1. The fraction of sp³-hybridized carbons (Fsp3) is 0.214. The van der Waals surface area contributed by atoms with E-state index in [9.17, 15) is 19.5 Å². The standard InChI is InChI=1S/C28H26N2O5/c1-4-15-35-28(34)19-10-12-20(13-11-19)30-24(22-7-5-6-14-29-22)23(26(32)27(30)33)25(31)21-16-17(2)8-9-18(21)3/h5-14,16,24,31H,4,15H2,1-3H3/b25-23+. The molecule has 0 radical (unpaired) electrons. The summed E-state index contributed by atoms with van der Waals surface area (Å²) in [6, 6.07) is 16.1. The van der Waals surface area contributed by atoms with Gasteiger partial charge in [0.05, 0.1) is 23.4 Å². The molecular weight excluding hydrogens is 444 g/mol. The van der Waals surface area contributed by atoms with Crippen LogP contribution in [0.25, 0.3) is 5.76 Å². The number of benzene rings is 2. The summed E-state index contributed by atoms with van der Waals surface area (Å²) in [6.45, 7) is 5.94. The van der Waals surface area contributed by atoms with Crippen LogP contribution in [0, 0.1) is 13.8 Å². The fourth-order valence-corrected chi connectivity index (χ4v) is 4.09. The number of pyridine rings is 1. The monoisotopic (exact) mass is 470 g/mol. The van der Waals surface area contributed by atoms with Gasteiger partial charge in [-0.15, -0.1) is 0 Å². The summed E-state index contributed by atoms with van der Waals surface area (Å²) in [6.07, 6.45) is 2.28. The van der Waals surface area contributed by atoms with Crippen LogP contribution in [0.2, 0.25) is 0 Å². The molecule has 0 bridgehead atoms. The molecule has 0 spiro atoms. The highest BCUT2D eigenvalue weighted by molar-refractivity contribution is 6.51. The number of hydrogen-bond donors (Lipinski definition) is 1. The van der Waals surface area contributed by atoms with Gasteiger partial charge in [-0.3, -0.25) is 19.5 Å². The number of carbonyl (C=O) groups is 3. The summed E-state index contributed by atoms with van der Waals surface area (Å²) in [5, 5.41) is 11.3. The van der Waals surface area contributed by atoms with Gasteiger partial charge in [-0.1, -0.05) is 30.7 Å². The molecule has 1 aliphatic heterocycles. The van der Waals surface area contributed by atoms with E-state index < -0.39 is 23.7 Å². The summed E-state index contributed by atoms with van der Waals surface area (Å²) >= 11 is 0. The summed E-state index contributed by atoms with van der Waals surface area (Å²) in [7, 11) is 0. The number of anilines is 1. The van der Waals surface area contributed by atoms with Gasteiger partial charge in [-0.2, -0.15) is 0 Å². The largest absolute Gasteiger partial charge is 0.507 e. The Morgan fingerprint density at radius 2 is 1.80 bits per heavy atom. The Bertz CT molecular complexity index is 1310. The van der Waals surface area contributed by atoms with E-state index in [0.717, 1.165) is 11.1 Å². The lowest BCUT2D eigenvalue weighted by Crippen LogP contribution is -2.29. The molecule has 4 rings (SSSR count). The summed E-state index contributed by atoms with van der Waals surface area (Å²) < 4.78 is 5.17. The lowest BCUT2D eigenvalue weighted by Gasteiger charge is -2.25. The first-order valence-corrected chi connectivity index (χ1v) is 11.4. The smallest absolute Gasteiger partial charge is 0.338 e. The maximum atomic E-state index is 13.3. The minimum Gasteiger partial charge on any atom is -0.507 e. The Morgan fingerprint density at radius 1 is 1.06 bits per heavy atom. The van der Waals surface area contributed by atoms with Gasteiger partial charge in [-0.25, -0.2) is 4.79 Å². The van der Waals surface area contributed by atoms with Gasteiger partial charge in [0.2, 0.25) is 0 Å². The second kappa shape index (κ2) is 9.93. The van der Waals surface area contributed by atoms with Crippen molar-refractivity contribution in [2.75, 3.05) is 11.5 Å². The minimum atomic E-state index is -0.936. The average Bonchev–Trinajstić information content (AvgIpc) is 3.14. The molecule has 1 aromatic heterocycles. The highest BCUT2D eigenvalue weighted by Crippen LogP contribution is 2.41. The molecule has 178 valence electrons. The highest BCUT2D eigenvalue weighted by Gasteiger charge is 2.47. The first-order valence-electron chi connectivity index (χ1n) is 11.4. The van der Waals surface area contributed by atoms with Crippen LogP contribution in [0.1, 0.15) is 52.1 Å². The van der Waals surface area contributed by atoms with Crippen molar-refractivity contribution in [2.24, 2.45) is 0 Å². The number of hydrogen-bond acceptors (Lipinski definition) is 6. The van der Waals surface area contributed by atoms with E-state index in [1.54, 1.807) is 54.7 Å². The van der Waals surface area contributed by atoms with Crippen molar-refractivity contribution in [2.45, 2.75) is 33.2 Å². The maximum Gasteiger partial charge on any atom is 0.338 e. The summed E-state index contributed by atoms with van der Waals surface area (Å²) in [4.78, 5) is 44.4. The van der Waals surface area contributed by atoms with Crippen molar-refractivity contribution in [1.82, 2.24) is 4.98 Å². The molecule has 3 aromatic rings. The van der Waals surface area contributed by atoms with Crippen molar-refractivity contribution in [3.63, 3.8) is 0 Å². The summed E-state index contributed by atoms with van der Waals surface area (Å²) in [5.41, 5.74) is 3.30. The quantitative estimate of drug-likeness (QED) is 0.238. The number of ketones is 1. The van der Waals surface area contributed by atoms with Crippen molar-refractivity contribution in [3.05, 3.63) is 100 Å². The molecule has 2 heterocycles. The van der Waals surface area contributed by atoms with E-state index >= 15 is 0 Å². The lowest BCUT2D eigenvalue weighted by molar-refractivity contribution is -0.132. The molecule has 1 amide bonds. The van der Waals surface area contributed by atoms with Crippen LogP contribution in [0.5, 0.6) is 0 Å². The maximum absolute atomic E-state index is 13.3. The van der Waals surface area contributed by atoms with E-state index in [1.807, 2.05) is 32.9 Å². The molecule has 1 atom stereocenters. The van der Waals surface area contributed by atoms with Gasteiger partial charge < -0.3 is 9.84 Å². The van der Waals surface area contributed by atoms with Crippen LogP contribution >= 0.6 is 0 Å². The zero-order valence-electron chi connectivity index (χ0n) is 19.8. The van der Waals surface area contributed by atoms with Gasteiger partial charge in [-0.05, 0) is 68.3 Å². The van der Waals surface area contributed by atoms with Gasteiger partial charge in [0.1, 0.15) is 11.8 Å². The third kappa shape index (κ3) is 4.57. The van der Waals surface area contributed by atoms with Gasteiger partial charge in [0.25, 0.3) is 11.7 Å². The predicted octanol–water partition coefficient (Wildman–Crippen LogP) is 4.89. The molecule has 0 saturated carbocycles. The van der Waals surface area contributed by atoms with E-state index in [0.29, 0.717) is 35.5 Å². The summed E-state index contributed by atoms with van der Waals surface area (Å²) in [5.74, 6) is -2.29. The molecule has 1 N–H and O–H groups in total. The van der Waals surface area contributed by atoms with Crippen molar-refractivity contribution in [3.8, 4) is 0 Å². The number of nitrogens with zero attached hydrogens (tertiary/aromatic N) is 2. The Morgan fingerprint density at radius 3 is 2.46 bits per heavy atom. The molecule has 35 heavy (non-hydrogen) atoms. The van der Waals surface area contributed by atoms with Crippen LogP contribution in [0.15, 0.2) is 72.4 Å². The predicted molar refractivity (Wildman–Crippen MR) is 132 cm³/mol. The van der Waals surface area contributed by atoms with Crippen molar-refractivity contribution in [1.29, 1.82) is 0 Å². The van der Waals surface area contributed by atoms with Crippen LogP contribution in [0.3, 0.4) is 0 Å². The molecule has 2 aromatic carbocycles. The van der Waals surface area contributed by atoms with Crippen LogP contribution in [-0.2, 0) is 14.3 Å². The second-order valence-corrected chi connectivity index (χ2v) is 8.42. The first kappa shape index (κ1) is 23.9. The van der Waals surface area contributed by atoms with Gasteiger partial charge in [0.15, 0.2) is 0 Å². The minimum absolute atomic E-state index is 0.0335. The number of aromatic nitrogens is 1. The number of rotatable bonds is 6. The molecule has 7 heteroatoms. The molecule has 1 aliphatic rings. The van der Waals surface area contributed by atoms with Crippen LogP contribution < -0.4 is 4.90 Å². The Hall–Kier alpha value is -4.26. The zero-order chi connectivity index (χ0) is 25.1. The van der Waals surface area contributed by atoms with E-state index in [-0.39, 0.29) is 11.3 Å². The van der Waals surface area contributed by atoms with E-state index in [1.165, 1.54) is 4.90 Å². The number of aryl methyl sites for hydroxylation is 2. The number of amides is 1. The Labute approximate surface area is 203 Å². The first-order chi connectivity index (χ1) is 16.8. The Kier molecular flexibility index (Phi) is 6.78. The number of esters is 1. The van der Waals surface area contributed by atoms with E-state index in [2.05, 4.69) is 4.98 Å². The fourth-order valence-electron chi connectivity index (χ4n) is 4.09. The number of aliphatic hydroxyl groups excluding tert-OH is 1. The Balaban J connectivity index is 1.84. The number of carbonyl (C=O) groups excluding carboxylic acids is 3. The SMILES string of the molecule is CCCOC(=O)c1ccc(N2C(=O)C(=O)/C(=C(/O)c3cc(C)ccc3C)C2c2ccccn2)cc1. The normalized spacial score (nSPS) is 17.0. The zero-order valence-corrected chi connectivity index (χ0v) is 19.8. The number of Topliss-reactive ketones (excluding diaryl/α,β-unsaturated/α-hetero) is 1. The van der Waals surface area contributed by atoms with Crippen LogP contribution in [-0.4, -0.2) is 34.4 Å². The molecule has 1 saturated heterocycles. The van der Waals surface area contributed by atoms with Crippen LogP contribution in [0.4, 0.5) is 5.69 Å². The molecule has 7 nitrogen and oxygen atoms in total. The van der Waals surface area contributed by atoms with Gasteiger partial charge in [0, 0.05) is 17.4 Å². The van der Waals surface area contributed by atoms with E-state index in [4.69, 9.17) is 4.74 Å². The third-order valence-corrected chi connectivity index (χ3v) is 5.88. The lowest BCUT2D eigenvalue weighted by atomic mass is 9.95. The highest BCUT2D eigenvalue weighted by atomic mass is 16.5. The molecule has 1 unspecified atom stereocenters. The molecular formula is C28H26N2O5. The third-order valence-electron chi connectivity index (χ3n) is 5.88. The average molecular weight is 471 g/mol. The molecule has 1 fully saturated rings. The molecule has 0 aliphatic carbocycles.